The quantitative estimate of drug-likeness (QED) is 0.543. The maximum Gasteiger partial charge on any atom is 0.245 e. The van der Waals surface area contributed by atoms with Crippen LogP contribution >= 0.6 is 0 Å². The molecule has 0 fully saturated rings. The molecule has 4 N–H and O–H groups in total. The van der Waals surface area contributed by atoms with Crippen molar-refractivity contribution in [3.63, 3.8) is 0 Å². The Hall–Kier alpha value is -1.36. The molecule has 72 valence electrons. The number of hydrogen-bond donors (Lipinski definition) is 2. The lowest BCUT2D eigenvalue weighted by Crippen LogP contribution is -2.40. The Morgan fingerprint density at radius 3 is 2.62 bits per heavy atom. The first-order chi connectivity index (χ1) is 6.00. The normalized spacial score (nSPS) is 23.8. The molecule has 0 unspecified atom stereocenters. The van der Waals surface area contributed by atoms with E-state index in [-0.39, 0.29) is 0 Å². The number of carbonyl (C=O) groups is 2. The second-order valence-electron chi connectivity index (χ2n) is 3.26. The van der Waals surface area contributed by atoms with Crippen LogP contribution in [0.2, 0.25) is 0 Å². The van der Waals surface area contributed by atoms with Crippen molar-refractivity contribution in [2.24, 2.45) is 17.4 Å². The van der Waals surface area contributed by atoms with Crippen LogP contribution in [0.15, 0.2) is 11.6 Å². The molecule has 0 radical (unpaired) electrons. The highest BCUT2D eigenvalue weighted by Crippen LogP contribution is 2.12. The van der Waals surface area contributed by atoms with E-state index in [0.29, 0.717) is 18.7 Å². The van der Waals surface area contributed by atoms with Gasteiger partial charge < -0.3 is 16.4 Å². The summed E-state index contributed by atoms with van der Waals surface area (Å²) in [6.45, 7) is 1.03. The fourth-order valence-corrected chi connectivity index (χ4v) is 1.37. The van der Waals surface area contributed by atoms with Crippen molar-refractivity contribution in [2.45, 2.75) is 0 Å². The molecule has 0 aliphatic carbocycles. The highest BCUT2D eigenvalue weighted by Gasteiger charge is 2.23. The molecule has 0 aromatic carbocycles. The van der Waals surface area contributed by atoms with Gasteiger partial charge in [-0.2, -0.15) is 0 Å². The summed E-state index contributed by atoms with van der Waals surface area (Å²) >= 11 is 0. The number of nitrogens with zero attached hydrogens (tertiary/aromatic N) is 1. The number of rotatable bonds is 2. The summed E-state index contributed by atoms with van der Waals surface area (Å²) < 4.78 is 0. The van der Waals surface area contributed by atoms with E-state index in [4.69, 9.17) is 11.5 Å². The van der Waals surface area contributed by atoms with Gasteiger partial charge >= 0.3 is 0 Å². The fraction of sp³-hybridized carbons (Fsp3) is 0.500. The van der Waals surface area contributed by atoms with E-state index in [1.54, 1.807) is 6.08 Å². The van der Waals surface area contributed by atoms with Gasteiger partial charge in [-0.15, -0.1) is 0 Å². The molecule has 5 nitrogen and oxygen atoms in total. The largest absolute Gasteiger partial charge is 0.369 e. The molecule has 1 atom stereocenters. The van der Waals surface area contributed by atoms with Crippen molar-refractivity contribution in [3.05, 3.63) is 11.6 Å². The average molecular weight is 183 g/mol. The predicted octanol–water partition coefficient (Wildman–Crippen LogP) is -1.55. The third kappa shape index (κ3) is 2.29. The molecule has 1 rings (SSSR count). The minimum atomic E-state index is -0.488. The Kier molecular flexibility index (Phi) is 2.67. The van der Waals surface area contributed by atoms with Gasteiger partial charge in [-0.3, -0.25) is 9.59 Å². The summed E-state index contributed by atoms with van der Waals surface area (Å²) in [4.78, 5) is 23.6. The third-order valence-corrected chi connectivity index (χ3v) is 2.03. The van der Waals surface area contributed by atoms with Gasteiger partial charge in [-0.25, -0.2) is 0 Å². The van der Waals surface area contributed by atoms with Crippen LogP contribution < -0.4 is 11.5 Å². The molecular weight excluding hydrogens is 170 g/mol. The van der Waals surface area contributed by atoms with Crippen LogP contribution in [0.1, 0.15) is 0 Å². The number of amides is 2. The summed E-state index contributed by atoms with van der Waals surface area (Å²) in [5.74, 6) is -1.32. The van der Waals surface area contributed by atoms with Crippen molar-refractivity contribution in [2.75, 3.05) is 20.1 Å². The topological polar surface area (TPSA) is 89.4 Å². The van der Waals surface area contributed by atoms with E-state index in [2.05, 4.69) is 0 Å². The minimum Gasteiger partial charge on any atom is -0.369 e. The van der Waals surface area contributed by atoms with Gasteiger partial charge in [0.05, 0.1) is 5.92 Å². The molecule has 13 heavy (non-hydrogen) atoms. The Balaban J connectivity index is 2.85. The lowest BCUT2D eigenvalue weighted by atomic mass is 9.99. The summed E-state index contributed by atoms with van der Waals surface area (Å²) in [7, 11) is 1.81. The highest BCUT2D eigenvalue weighted by molar-refractivity contribution is 5.94. The smallest absolute Gasteiger partial charge is 0.245 e. The average Bonchev–Trinajstić information content (AvgIpc) is 2.03. The Labute approximate surface area is 76.4 Å². The molecule has 1 heterocycles. The first kappa shape index (κ1) is 9.73. The van der Waals surface area contributed by atoms with Crippen LogP contribution in [0.5, 0.6) is 0 Å². The third-order valence-electron chi connectivity index (χ3n) is 2.03. The SMILES string of the molecule is CN1CC(C(N)=O)=C[C@@H](C(N)=O)C1. The van der Waals surface area contributed by atoms with Gasteiger partial charge in [0, 0.05) is 18.7 Å². The monoisotopic (exact) mass is 183 g/mol. The van der Waals surface area contributed by atoms with E-state index in [9.17, 15) is 9.59 Å². The van der Waals surface area contributed by atoms with Gasteiger partial charge in [-0.1, -0.05) is 6.08 Å². The van der Waals surface area contributed by atoms with Crippen molar-refractivity contribution >= 4 is 11.8 Å². The van der Waals surface area contributed by atoms with Crippen LogP contribution in [0.25, 0.3) is 0 Å². The zero-order valence-corrected chi connectivity index (χ0v) is 7.49. The van der Waals surface area contributed by atoms with E-state index < -0.39 is 17.7 Å². The minimum absolute atomic E-state index is 0.402. The van der Waals surface area contributed by atoms with Crippen molar-refractivity contribution < 1.29 is 9.59 Å². The van der Waals surface area contributed by atoms with Gasteiger partial charge in [0.15, 0.2) is 0 Å². The van der Waals surface area contributed by atoms with Gasteiger partial charge in [-0.05, 0) is 7.05 Å². The van der Waals surface area contributed by atoms with Crippen LogP contribution in [0, 0.1) is 5.92 Å². The van der Waals surface area contributed by atoms with E-state index in [0.717, 1.165) is 0 Å². The molecular formula is C8H13N3O2. The van der Waals surface area contributed by atoms with E-state index in [1.807, 2.05) is 11.9 Å². The first-order valence-electron chi connectivity index (χ1n) is 3.99. The Morgan fingerprint density at radius 2 is 2.15 bits per heavy atom. The van der Waals surface area contributed by atoms with Crippen molar-refractivity contribution in [1.82, 2.24) is 4.90 Å². The Bertz CT molecular complexity index is 273. The van der Waals surface area contributed by atoms with Crippen LogP contribution in [-0.4, -0.2) is 36.9 Å². The maximum absolute atomic E-state index is 10.9. The molecule has 0 saturated heterocycles. The van der Waals surface area contributed by atoms with Crippen LogP contribution in [0.4, 0.5) is 0 Å². The Morgan fingerprint density at radius 1 is 1.54 bits per heavy atom. The first-order valence-corrected chi connectivity index (χ1v) is 3.99. The summed E-state index contributed by atoms with van der Waals surface area (Å²) in [5.41, 5.74) is 10.7. The molecule has 0 bridgehead atoms. The molecule has 1 aliphatic rings. The molecule has 0 aromatic rings. The number of likely N-dealkylation sites (N-methyl/N-ethyl adjacent to an activating group) is 1. The number of nitrogens with two attached hydrogens (primary N) is 2. The molecule has 5 heteroatoms. The van der Waals surface area contributed by atoms with Crippen molar-refractivity contribution in [1.29, 1.82) is 0 Å². The summed E-state index contributed by atoms with van der Waals surface area (Å²) in [5, 5.41) is 0. The van der Waals surface area contributed by atoms with E-state index in [1.165, 1.54) is 0 Å². The molecule has 0 saturated carbocycles. The standard InChI is InChI=1S/C8H13N3O2/c1-11-3-5(7(9)12)2-6(4-11)8(10)13/h2,5H,3-4H2,1H3,(H2,9,12)(H2,10,13)/t5-/m1/s1. The van der Waals surface area contributed by atoms with Gasteiger partial charge in [0.1, 0.15) is 0 Å². The van der Waals surface area contributed by atoms with E-state index >= 15 is 0 Å². The lowest BCUT2D eigenvalue weighted by Gasteiger charge is -2.26. The zero-order valence-electron chi connectivity index (χ0n) is 7.49. The number of carbonyl (C=O) groups excluding carboxylic acids is 2. The lowest BCUT2D eigenvalue weighted by molar-refractivity contribution is -0.121. The van der Waals surface area contributed by atoms with Crippen LogP contribution in [0.3, 0.4) is 0 Å². The molecule has 0 spiro atoms. The number of hydrogen-bond acceptors (Lipinski definition) is 3. The highest BCUT2D eigenvalue weighted by atomic mass is 16.1. The van der Waals surface area contributed by atoms with Crippen LogP contribution in [-0.2, 0) is 9.59 Å². The number of primary amides is 2. The second-order valence-corrected chi connectivity index (χ2v) is 3.26. The fourth-order valence-electron chi connectivity index (χ4n) is 1.37. The zero-order chi connectivity index (χ0) is 10.0. The molecule has 2 amide bonds. The summed E-state index contributed by atoms with van der Waals surface area (Å²) in [6, 6.07) is 0. The van der Waals surface area contributed by atoms with Gasteiger partial charge in [0.2, 0.25) is 11.8 Å². The second kappa shape index (κ2) is 3.57. The maximum atomic E-state index is 10.9. The summed E-state index contributed by atoms with van der Waals surface area (Å²) in [6.07, 6.45) is 1.56. The predicted molar refractivity (Wildman–Crippen MR) is 47.5 cm³/mol. The van der Waals surface area contributed by atoms with Crippen molar-refractivity contribution in [3.8, 4) is 0 Å². The molecule has 0 aromatic heterocycles. The molecule has 1 aliphatic heterocycles. The van der Waals surface area contributed by atoms with Gasteiger partial charge in [0.25, 0.3) is 0 Å².